The number of aryl methyl sites for hydroxylation is 1. The summed E-state index contributed by atoms with van der Waals surface area (Å²) >= 11 is 0. The van der Waals surface area contributed by atoms with Crippen molar-refractivity contribution in [3.63, 3.8) is 0 Å². The van der Waals surface area contributed by atoms with Gasteiger partial charge in [0.2, 0.25) is 0 Å². The van der Waals surface area contributed by atoms with E-state index in [9.17, 15) is 4.79 Å². The number of fused-ring (bicyclic) bond motifs is 2. The molecule has 31 heavy (non-hydrogen) atoms. The Balaban J connectivity index is 1.63. The number of rotatable bonds is 4. The molecule has 0 saturated heterocycles. The molecule has 0 bridgehead atoms. The molecule has 3 aromatic rings. The van der Waals surface area contributed by atoms with Gasteiger partial charge < -0.3 is 9.47 Å². The Bertz CT molecular complexity index is 1060. The highest BCUT2D eigenvalue weighted by molar-refractivity contribution is 5.86. The standard InChI is InChI=1S/C27H31NO3/c1-19(23-14-9-12-20-10-5-7-13-24(20)23)28(26(29)31-27(2,3)4)18-22-17-16-21-11-6-8-15-25(21)30-22/h5-15,19,22H,16-18H2,1-4H3. The fraction of sp³-hybridized carbons (Fsp3) is 0.370. The van der Waals surface area contributed by atoms with Crippen molar-refractivity contribution >= 4 is 16.9 Å². The Kier molecular flexibility index (Phi) is 5.90. The first-order valence-electron chi connectivity index (χ1n) is 11.0. The number of carbonyl (C=O) groups is 1. The molecule has 0 spiro atoms. The topological polar surface area (TPSA) is 38.8 Å². The lowest BCUT2D eigenvalue weighted by atomic mass is 9.97. The minimum absolute atomic E-state index is 0.0696. The summed E-state index contributed by atoms with van der Waals surface area (Å²) in [6.07, 6.45) is 1.44. The van der Waals surface area contributed by atoms with Crippen molar-refractivity contribution in [2.24, 2.45) is 0 Å². The summed E-state index contributed by atoms with van der Waals surface area (Å²) in [5.41, 5.74) is 1.78. The van der Waals surface area contributed by atoms with Crippen molar-refractivity contribution in [3.05, 3.63) is 77.9 Å². The molecule has 162 valence electrons. The molecule has 0 saturated carbocycles. The summed E-state index contributed by atoms with van der Waals surface area (Å²) in [4.78, 5) is 15.1. The van der Waals surface area contributed by atoms with E-state index in [0.29, 0.717) is 6.54 Å². The summed E-state index contributed by atoms with van der Waals surface area (Å²) in [7, 11) is 0. The lowest BCUT2D eigenvalue weighted by Crippen LogP contribution is -2.44. The van der Waals surface area contributed by atoms with Gasteiger partial charge in [-0.05, 0) is 68.5 Å². The van der Waals surface area contributed by atoms with E-state index >= 15 is 0 Å². The monoisotopic (exact) mass is 417 g/mol. The molecule has 4 nitrogen and oxygen atoms in total. The van der Waals surface area contributed by atoms with Crippen LogP contribution in [0.4, 0.5) is 4.79 Å². The Morgan fingerprint density at radius 2 is 1.77 bits per heavy atom. The molecule has 4 heteroatoms. The molecule has 2 atom stereocenters. The Hall–Kier alpha value is -3.01. The van der Waals surface area contributed by atoms with Crippen LogP contribution >= 0.6 is 0 Å². The van der Waals surface area contributed by atoms with Gasteiger partial charge in [0.15, 0.2) is 0 Å². The SMILES string of the molecule is CC(c1cccc2ccccc12)N(CC1CCc2ccccc2O1)C(=O)OC(C)(C)C. The van der Waals surface area contributed by atoms with Crippen LogP contribution in [0.2, 0.25) is 0 Å². The van der Waals surface area contributed by atoms with Gasteiger partial charge in [0.1, 0.15) is 17.5 Å². The Morgan fingerprint density at radius 3 is 2.58 bits per heavy atom. The Labute approximate surface area is 184 Å². The maximum Gasteiger partial charge on any atom is 0.410 e. The third-order valence-electron chi connectivity index (χ3n) is 5.77. The molecule has 4 rings (SSSR count). The van der Waals surface area contributed by atoms with Gasteiger partial charge >= 0.3 is 6.09 Å². The van der Waals surface area contributed by atoms with E-state index in [4.69, 9.17) is 9.47 Å². The van der Waals surface area contributed by atoms with Gasteiger partial charge in [0.05, 0.1) is 12.6 Å². The smallest absolute Gasteiger partial charge is 0.410 e. The number of carbonyl (C=O) groups excluding carboxylic acids is 1. The molecule has 2 unspecified atom stereocenters. The quantitative estimate of drug-likeness (QED) is 0.484. The van der Waals surface area contributed by atoms with Gasteiger partial charge in [-0.2, -0.15) is 0 Å². The first kappa shape index (κ1) is 21.2. The van der Waals surface area contributed by atoms with Crippen LogP contribution in [0, 0.1) is 0 Å². The molecule has 1 heterocycles. The number of hydrogen-bond donors (Lipinski definition) is 0. The van der Waals surface area contributed by atoms with Gasteiger partial charge in [-0.3, -0.25) is 4.90 Å². The average molecular weight is 418 g/mol. The highest BCUT2D eigenvalue weighted by atomic mass is 16.6. The number of para-hydroxylation sites is 1. The number of nitrogens with zero attached hydrogens (tertiary/aromatic N) is 1. The molecule has 1 amide bonds. The Morgan fingerprint density at radius 1 is 1.06 bits per heavy atom. The van der Waals surface area contributed by atoms with E-state index in [0.717, 1.165) is 29.5 Å². The second-order valence-corrected chi connectivity index (χ2v) is 9.26. The fourth-order valence-electron chi connectivity index (χ4n) is 4.22. The molecule has 1 aliphatic heterocycles. The summed E-state index contributed by atoms with van der Waals surface area (Å²) in [6.45, 7) is 8.26. The predicted octanol–water partition coefficient (Wildman–Crippen LogP) is 6.53. The highest BCUT2D eigenvalue weighted by Crippen LogP contribution is 2.32. The first-order valence-corrected chi connectivity index (χ1v) is 11.0. The third-order valence-corrected chi connectivity index (χ3v) is 5.77. The largest absolute Gasteiger partial charge is 0.488 e. The molecular formula is C27H31NO3. The predicted molar refractivity (Wildman–Crippen MR) is 124 cm³/mol. The third kappa shape index (κ3) is 4.84. The summed E-state index contributed by atoms with van der Waals surface area (Å²) < 4.78 is 12.1. The van der Waals surface area contributed by atoms with Crippen molar-refractivity contribution in [2.45, 2.75) is 58.3 Å². The average Bonchev–Trinajstić information content (AvgIpc) is 2.75. The molecule has 0 aliphatic carbocycles. The summed E-state index contributed by atoms with van der Waals surface area (Å²) in [5.74, 6) is 0.917. The summed E-state index contributed by atoms with van der Waals surface area (Å²) in [6, 6.07) is 22.5. The van der Waals surface area contributed by atoms with Gasteiger partial charge in [-0.15, -0.1) is 0 Å². The summed E-state index contributed by atoms with van der Waals surface area (Å²) in [5, 5.41) is 2.32. The minimum atomic E-state index is -0.562. The normalized spacial score (nSPS) is 16.8. The van der Waals surface area contributed by atoms with Gasteiger partial charge in [-0.25, -0.2) is 4.79 Å². The zero-order valence-electron chi connectivity index (χ0n) is 18.8. The van der Waals surface area contributed by atoms with Crippen LogP contribution in [0.1, 0.15) is 51.3 Å². The van der Waals surface area contributed by atoms with E-state index in [1.54, 1.807) is 0 Å². The maximum absolute atomic E-state index is 13.3. The molecule has 0 fully saturated rings. The van der Waals surface area contributed by atoms with Crippen molar-refractivity contribution in [3.8, 4) is 5.75 Å². The fourth-order valence-corrected chi connectivity index (χ4v) is 4.22. The van der Waals surface area contributed by atoms with Crippen molar-refractivity contribution < 1.29 is 14.3 Å². The van der Waals surface area contributed by atoms with Gasteiger partial charge in [0.25, 0.3) is 0 Å². The van der Waals surface area contributed by atoms with E-state index in [1.165, 1.54) is 10.9 Å². The number of amides is 1. The van der Waals surface area contributed by atoms with Gasteiger partial charge in [-0.1, -0.05) is 60.7 Å². The molecule has 0 radical (unpaired) electrons. The van der Waals surface area contributed by atoms with Crippen LogP contribution < -0.4 is 4.74 Å². The second-order valence-electron chi connectivity index (χ2n) is 9.26. The minimum Gasteiger partial charge on any atom is -0.488 e. The van der Waals surface area contributed by atoms with E-state index in [-0.39, 0.29) is 18.2 Å². The number of hydrogen-bond acceptors (Lipinski definition) is 3. The molecule has 3 aromatic carbocycles. The van der Waals surface area contributed by atoms with Crippen LogP contribution in [-0.2, 0) is 11.2 Å². The second kappa shape index (κ2) is 8.62. The lowest BCUT2D eigenvalue weighted by molar-refractivity contribution is 0.00630. The van der Waals surface area contributed by atoms with Crippen molar-refractivity contribution in [1.82, 2.24) is 4.90 Å². The first-order chi connectivity index (χ1) is 14.8. The zero-order valence-corrected chi connectivity index (χ0v) is 18.8. The van der Waals surface area contributed by atoms with Crippen LogP contribution in [0.25, 0.3) is 10.8 Å². The van der Waals surface area contributed by atoms with Crippen molar-refractivity contribution in [2.75, 3.05) is 6.54 Å². The van der Waals surface area contributed by atoms with E-state index < -0.39 is 5.60 Å². The van der Waals surface area contributed by atoms with Crippen molar-refractivity contribution in [1.29, 1.82) is 0 Å². The molecule has 1 aliphatic rings. The van der Waals surface area contributed by atoms with Crippen LogP contribution in [0.3, 0.4) is 0 Å². The zero-order chi connectivity index (χ0) is 22.0. The number of ether oxygens (including phenoxy) is 2. The molecular weight excluding hydrogens is 386 g/mol. The van der Waals surface area contributed by atoms with E-state index in [1.807, 2.05) is 56.0 Å². The van der Waals surface area contributed by atoms with Crippen LogP contribution in [0.15, 0.2) is 66.7 Å². The molecule has 0 N–H and O–H groups in total. The molecule has 0 aromatic heterocycles. The van der Waals surface area contributed by atoms with Crippen LogP contribution in [-0.4, -0.2) is 29.2 Å². The maximum atomic E-state index is 13.3. The highest BCUT2D eigenvalue weighted by Gasteiger charge is 2.31. The van der Waals surface area contributed by atoms with E-state index in [2.05, 4.69) is 43.3 Å². The van der Waals surface area contributed by atoms with Gasteiger partial charge in [0, 0.05) is 0 Å². The van der Waals surface area contributed by atoms with Crippen LogP contribution in [0.5, 0.6) is 5.75 Å². The number of benzene rings is 3. The lowest BCUT2D eigenvalue weighted by Gasteiger charge is -2.36.